The third-order valence-electron chi connectivity index (χ3n) is 4.43. The molecule has 192 valence electrons. The van der Waals surface area contributed by atoms with Gasteiger partial charge < -0.3 is 4.74 Å². The van der Waals surface area contributed by atoms with Gasteiger partial charge in [0.2, 0.25) is 5.91 Å². The maximum Gasteiger partial charge on any atom is 0.426 e. The van der Waals surface area contributed by atoms with Gasteiger partial charge in [0.05, 0.1) is 13.1 Å². The molecule has 0 aliphatic heterocycles. The van der Waals surface area contributed by atoms with E-state index in [1.54, 1.807) is 5.01 Å². The van der Waals surface area contributed by atoms with E-state index in [-0.39, 0.29) is 43.3 Å². The van der Waals surface area contributed by atoms with E-state index >= 15 is 0 Å². The van der Waals surface area contributed by atoms with E-state index in [1.807, 2.05) is 71.9 Å². The van der Waals surface area contributed by atoms with Gasteiger partial charge in [-0.05, 0) is 23.3 Å². The molecule has 0 saturated heterocycles. The molecule has 10 heteroatoms. The maximum atomic E-state index is 13.1. The lowest BCUT2D eigenvalue weighted by molar-refractivity contribution is -0.138. The van der Waals surface area contributed by atoms with E-state index in [2.05, 4.69) is 10.9 Å². The maximum absolute atomic E-state index is 13.1. The molecular formula is C24H42N6O4. The predicted octanol–water partition coefficient (Wildman–Crippen LogP) is 2.13. The monoisotopic (exact) mass is 478 g/mol. The van der Waals surface area contributed by atoms with Crippen LogP contribution >= 0.6 is 0 Å². The number of rotatable bonds is 13. The summed E-state index contributed by atoms with van der Waals surface area (Å²) in [6.07, 6.45) is -0.718. The van der Waals surface area contributed by atoms with E-state index in [9.17, 15) is 14.4 Å². The fourth-order valence-corrected chi connectivity index (χ4v) is 3.21. The summed E-state index contributed by atoms with van der Waals surface area (Å²) in [5.74, 6) is 5.86. The molecule has 0 aromatic heterocycles. The number of carbonyl (C=O) groups is 3. The summed E-state index contributed by atoms with van der Waals surface area (Å²) in [4.78, 5) is 37.9. The first-order valence-corrected chi connectivity index (χ1v) is 11.8. The first-order chi connectivity index (χ1) is 16.0. The van der Waals surface area contributed by atoms with Crippen LogP contribution in [0.3, 0.4) is 0 Å². The summed E-state index contributed by atoms with van der Waals surface area (Å²) in [6, 6.07) is 9.29. The average molecular weight is 479 g/mol. The topological polar surface area (TPSA) is 120 Å². The highest BCUT2D eigenvalue weighted by Crippen LogP contribution is 2.04. The zero-order valence-corrected chi connectivity index (χ0v) is 21.4. The molecule has 0 bridgehead atoms. The van der Waals surface area contributed by atoms with Crippen molar-refractivity contribution in [1.82, 2.24) is 25.9 Å². The number of nitrogens with two attached hydrogens (primary N) is 1. The average Bonchev–Trinajstić information content (AvgIpc) is 2.70. The Morgan fingerprint density at radius 3 is 2.00 bits per heavy atom. The Labute approximate surface area is 203 Å². The van der Waals surface area contributed by atoms with Crippen LogP contribution in [0.15, 0.2) is 30.3 Å². The number of nitrogens with one attached hydrogen (secondary N) is 2. The summed E-state index contributed by atoms with van der Waals surface area (Å²) in [5.41, 5.74) is 6.16. The van der Waals surface area contributed by atoms with Crippen molar-refractivity contribution in [3.05, 3.63) is 35.9 Å². The minimum Gasteiger partial charge on any atom is -0.443 e. The Kier molecular flexibility index (Phi) is 13.2. The van der Waals surface area contributed by atoms with Gasteiger partial charge in [0.15, 0.2) is 0 Å². The smallest absolute Gasteiger partial charge is 0.426 e. The van der Waals surface area contributed by atoms with Crippen molar-refractivity contribution < 1.29 is 19.1 Å². The minimum atomic E-state index is -0.718. The second-order valence-corrected chi connectivity index (χ2v) is 9.70. The van der Waals surface area contributed by atoms with Crippen molar-refractivity contribution in [3.63, 3.8) is 0 Å². The van der Waals surface area contributed by atoms with Crippen LogP contribution in [0.5, 0.6) is 0 Å². The molecule has 0 aliphatic rings. The second-order valence-electron chi connectivity index (χ2n) is 9.70. The fraction of sp³-hybridized carbons (Fsp3) is 0.625. The number of ether oxygens (including phenoxy) is 1. The van der Waals surface area contributed by atoms with Gasteiger partial charge in [-0.1, -0.05) is 71.9 Å². The molecule has 0 atom stereocenters. The van der Waals surface area contributed by atoms with Gasteiger partial charge in [0.25, 0.3) is 5.91 Å². The first kappa shape index (κ1) is 29.3. The Morgan fingerprint density at radius 2 is 1.44 bits per heavy atom. The second kappa shape index (κ2) is 15.3. The lowest BCUT2D eigenvalue weighted by atomic mass is 10.2. The first-order valence-electron chi connectivity index (χ1n) is 11.8. The summed E-state index contributed by atoms with van der Waals surface area (Å²) in [7, 11) is 0. The van der Waals surface area contributed by atoms with E-state index < -0.39 is 6.09 Å². The molecule has 1 rings (SSSR count). The van der Waals surface area contributed by atoms with E-state index in [4.69, 9.17) is 10.6 Å². The Bertz CT molecular complexity index is 757. The van der Waals surface area contributed by atoms with Crippen molar-refractivity contribution in [2.75, 3.05) is 32.7 Å². The summed E-state index contributed by atoms with van der Waals surface area (Å²) in [5, 5.41) is 4.25. The molecule has 1 aromatic carbocycles. The van der Waals surface area contributed by atoms with Crippen LogP contribution in [-0.4, -0.2) is 65.7 Å². The normalized spacial score (nSPS) is 11.4. The van der Waals surface area contributed by atoms with Gasteiger partial charge in [-0.3, -0.25) is 20.9 Å². The number of benzene rings is 1. The van der Waals surface area contributed by atoms with Crippen molar-refractivity contribution in [2.45, 2.75) is 48.1 Å². The highest BCUT2D eigenvalue weighted by molar-refractivity contribution is 5.82. The van der Waals surface area contributed by atoms with E-state index in [1.165, 1.54) is 10.0 Å². The van der Waals surface area contributed by atoms with Crippen molar-refractivity contribution >= 4 is 17.9 Å². The summed E-state index contributed by atoms with van der Waals surface area (Å²) >= 11 is 0. The molecule has 0 spiro atoms. The lowest BCUT2D eigenvalue weighted by Crippen LogP contribution is -2.56. The third kappa shape index (κ3) is 13.1. The summed E-state index contributed by atoms with van der Waals surface area (Å²) in [6.45, 7) is 13.2. The largest absolute Gasteiger partial charge is 0.443 e. The molecular weight excluding hydrogens is 436 g/mol. The Morgan fingerprint density at radius 1 is 0.853 bits per heavy atom. The molecule has 0 aliphatic carbocycles. The molecule has 34 heavy (non-hydrogen) atoms. The number of nitrogens with zero attached hydrogens (tertiary/aromatic N) is 3. The molecule has 0 fully saturated rings. The zero-order chi connectivity index (χ0) is 25.7. The van der Waals surface area contributed by atoms with Crippen LogP contribution in [0, 0.1) is 17.8 Å². The van der Waals surface area contributed by atoms with Crippen molar-refractivity contribution in [2.24, 2.45) is 23.6 Å². The molecule has 1 aromatic rings. The molecule has 3 amide bonds. The van der Waals surface area contributed by atoms with Crippen LogP contribution in [0.25, 0.3) is 0 Å². The van der Waals surface area contributed by atoms with Gasteiger partial charge in [0, 0.05) is 19.6 Å². The SMILES string of the molecule is CC(C)CN(N)CC(=O)NN(CC(=O)N(CC(C)C)NC(=O)OCc1ccccc1)CC(C)C. The summed E-state index contributed by atoms with van der Waals surface area (Å²) < 4.78 is 5.25. The van der Waals surface area contributed by atoms with Crippen LogP contribution < -0.4 is 16.7 Å². The Hall–Kier alpha value is -2.69. The highest BCUT2D eigenvalue weighted by Gasteiger charge is 2.23. The number of carbonyl (C=O) groups excluding carboxylic acids is 3. The fourth-order valence-electron chi connectivity index (χ4n) is 3.21. The van der Waals surface area contributed by atoms with Gasteiger partial charge in [0.1, 0.15) is 6.61 Å². The minimum absolute atomic E-state index is 0.0146. The molecule has 0 radical (unpaired) electrons. The van der Waals surface area contributed by atoms with Crippen LogP contribution in [0.1, 0.15) is 47.1 Å². The molecule has 0 saturated carbocycles. The molecule has 0 heterocycles. The van der Waals surface area contributed by atoms with Crippen LogP contribution in [-0.2, 0) is 20.9 Å². The quantitative estimate of drug-likeness (QED) is 0.293. The predicted molar refractivity (Wildman–Crippen MR) is 131 cm³/mol. The molecule has 10 nitrogen and oxygen atoms in total. The Balaban J connectivity index is 2.74. The highest BCUT2D eigenvalue weighted by atomic mass is 16.6. The van der Waals surface area contributed by atoms with Crippen molar-refractivity contribution in [3.8, 4) is 0 Å². The molecule has 0 unspecified atom stereocenters. The van der Waals surface area contributed by atoms with Crippen LogP contribution in [0.4, 0.5) is 4.79 Å². The van der Waals surface area contributed by atoms with Gasteiger partial charge >= 0.3 is 6.09 Å². The number of hydrogen-bond acceptors (Lipinski definition) is 7. The van der Waals surface area contributed by atoms with Gasteiger partial charge in [-0.2, -0.15) is 0 Å². The van der Waals surface area contributed by atoms with Gasteiger partial charge in [-0.25, -0.2) is 25.2 Å². The van der Waals surface area contributed by atoms with E-state index in [0.717, 1.165) is 5.56 Å². The standard InChI is InChI=1S/C24H42N6O4/c1-18(2)12-28(25)15-22(31)26-29(13-19(3)4)16-23(32)30(14-20(5)6)27-24(33)34-17-21-10-8-7-9-11-21/h7-11,18-20H,12-17,25H2,1-6H3,(H,26,31)(H,27,33). The lowest BCUT2D eigenvalue weighted by Gasteiger charge is -2.30. The van der Waals surface area contributed by atoms with E-state index in [0.29, 0.717) is 25.6 Å². The number of hydrogen-bond donors (Lipinski definition) is 3. The molecule has 4 N–H and O–H groups in total. The number of amides is 3. The number of hydrazine groups is 3. The third-order valence-corrected chi connectivity index (χ3v) is 4.43. The van der Waals surface area contributed by atoms with Crippen molar-refractivity contribution in [1.29, 1.82) is 0 Å². The van der Waals surface area contributed by atoms with Gasteiger partial charge in [-0.15, -0.1) is 0 Å². The van der Waals surface area contributed by atoms with Crippen LogP contribution in [0.2, 0.25) is 0 Å². The zero-order valence-electron chi connectivity index (χ0n) is 21.4.